The van der Waals surface area contributed by atoms with Gasteiger partial charge in [0.25, 0.3) is 0 Å². The molecule has 3 heterocycles. The molecule has 8 heteroatoms. The number of hydrogen-bond donors (Lipinski definition) is 0. The molecule has 1 aliphatic rings. The van der Waals surface area contributed by atoms with E-state index in [9.17, 15) is 4.79 Å². The van der Waals surface area contributed by atoms with Gasteiger partial charge in [0, 0.05) is 47.2 Å². The molecular weight excluding hydrogens is 439 g/mol. The van der Waals surface area contributed by atoms with Crippen LogP contribution in [0.15, 0.2) is 30.3 Å². The van der Waals surface area contributed by atoms with Crippen LogP contribution in [0.3, 0.4) is 0 Å². The topological polar surface area (TPSA) is 49.3 Å². The first-order valence-electron chi connectivity index (χ1n) is 9.88. The monoisotopic (exact) mass is 460 g/mol. The van der Waals surface area contributed by atoms with E-state index in [1.807, 2.05) is 11.8 Å². The van der Waals surface area contributed by atoms with Crippen molar-refractivity contribution in [2.75, 3.05) is 31.1 Å². The zero-order valence-corrected chi connectivity index (χ0v) is 19.2. The van der Waals surface area contributed by atoms with E-state index in [4.69, 9.17) is 28.2 Å². The molecule has 1 saturated heterocycles. The van der Waals surface area contributed by atoms with Gasteiger partial charge in [-0.05, 0) is 43.2 Å². The maximum Gasteiger partial charge on any atom is 0.246 e. The Labute approximate surface area is 189 Å². The number of hydrogen-bond acceptors (Lipinski definition) is 5. The number of rotatable bonds is 4. The lowest BCUT2D eigenvalue weighted by Crippen LogP contribution is -2.48. The van der Waals surface area contributed by atoms with Crippen molar-refractivity contribution in [1.82, 2.24) is 14.9 Å². The number of halogens is 2. The zero-order chi connectivity index (χ0) is 21.3. The molecule has 0 bridgehead atoms. The molecule has 3 aromatic rings. The summed E-state index contributed by atoms with van der Waals surface area (Å²) < 4.78 is 0. The Morgan fingerprint density at radius 1 is 1.17 bits per heavy atom. The van der Waals surface area contributed by atoms with Crippen molar-refractivity contribution < 1.29 is 4.79 Å². The fourth-order valence-corrected chi connectivity index (χ4v) is 5.00. The molecule has 0 spiro atoms. The average Bonchev–Trinajstić information content (AvgIpc) is 3.15. The number of thiophene rings is 1. The summed E-state index contributed by atoms with van der Waals surface area (Å²) in [6.45, 7) is 6.86. The Kier molecular flexibility index (Phi) is 6.27. The van der Waals surface area contributed by atoms with Gasteiger partial charge in [0.2, 0.25) is 5.91 Å². The second kappa shape index (κ2) is 8.92. The number of fused-ring (bicyclic) bond motifs is 1. The number of aromatic nitrogens is 2. The third-order valence-corrected chi connectivity index (χ3v) is 6.88. The van der Waals surface area contributed by atoms with Gasteiger partial charge in [-0.15, -0.1) is 11.3 Å². The predicted octanol–water partition coefficient (Wildman–Crippen LogP) is 5.23. The van der Waals surface area contributed by atoms with Gasteiger partial charge in [-0.1, -0.05) is 36.2 Å². The van der Waals surface area contributed by atoms with Crippen molar-refractivity contribution >= 4 is 62.6 Å². The predicted molar refractivity (Wildman–Crippen MR) is 126 cm³/mol. The fraction of sp³-hybridized carbons (Fsp3) is 0.318. The zero-order valence-electron chi connectivity index (χ0n) is 16.9. The van der Waals surface area contributed by atoms with Crippen LogP contribution >= 0.6 is 34.5 Å². The maximum absolute atomic E-state index is 12.6. The van der Waals surface area contributed by atoms with E-state index in [0.29, 0.717) is 23.1 Å². The smallest absolute Gasteiger partial charge is 0.246 e. The molecule has 0 saturated carbocycles. The summed E-state index contributed by atoms with van der Waals surface area (Å²) in [4.78, 5) is 28.4. The molecule has 1 aromatic carbocycles. The first kappa shape index (κ1) is 21.1. The first-order valence-corrected chi connectivity index (χ1v) is 11.5. The van der Waals surface area contributed by atoms with Crippen molar-refractivity contribution in [1.29, 1.82) is 0 Å². The molecule has 0 unspecified atom stereocenters. The molecule has 0 N–H and O–H groups in total. The molecule has 0 atom stereocenters. The van der Waals surface area contributed by atoms with Crippen LogP contribution in [0.1, 0.15) is 23.2 Å². The largest absolute Gasteiger partial charge is 0.352 e. The van der Waals surface area contributed by atoms with Crippen LogP contribution in [-0.2, 0) is 11.2 Å². The molecule has 1 fully saturated rings. The van der Waals surface area contributed by atoms with Gasteiger partial charge in [-0.3, -0.25) is 4.79 Å². The van der Waals surface area contributed by atoms with Crippen molar-refractivity contribution in [3.63, 3.8) is 0 Å². The molecule has 4 rings (SSSR count). The van der Waals surface area contributed by atoms with E-state index < -0.39 is 0 Å². The van der Waals surface area contributed by atoms with Gasteiger partial charge in [0.05, 0.1) is 5.39 Å². The molecule has 30 heavy (non-hydrogen) atoms. The van der Waals surface area contributed by atoms with Gasteiger partial charge < -0.3 is 9.80 Å². The molecule has 156 valence electrons. The van der Waals surface area contributed by atoms with Gasteiger partial charge in [0.1, 0.15) is 16.5 Å². The minimum atomic E-state index is -0.0199. The van der Waals surface area contributed by atoms with Crippen LogP contribution in [-0.4, -0.2) is 47.0 Å². The summed E-state index contributed by atoms with van der Waals surface area (Å²) in [5, 5.41) is 2.21. The number of benzene rings is 1. The van der Waals surface area contributed by atoms with Crippen LogP contribution in [0.4, 0.5) is 5.82 Å². The van der Waals surface area contributed by atoms with E-state index in [2.05, 4.69) is 22.9 Å². The van der Waals surface area contributed by atoms with E-state index in [1.165, 1.54) is 4.88 Å². The highest BCUT2D eigenvalue weighted by molar-refractivity contribution is 7.18. The Balaban J connectivity index is 1.45. The SMILES string of the molecule is CCc1cc2c(N3CCN(C(=O)/C=C/c4ccc(Cl)cc4Cl)CC3)nc(C)nc2s1. The molecule has 5 nitrogen and oxygen atoms in total. The van der Waals surface area contributed by atoms with E-state index >= 15 is 0 Å². The van der Waals surface area contributed by atoms with Crippen molar-refractivity contribution in [2.24, 2.45) is 0 Å². The van der Waals surface area contributed by atoms with Crippen LogP contribution in [0.2, 0.25) is 10.0 Å². The molecule has 0 radical (unpaired) electrons. The molecule has 1 amide bonds. The second-order valence-electron chi connectivity index (χ2n) is 7.19. The Morgan fingerprint density at radius 2 is 1.93 bits per heavy atom. The third kappa shape index (κ3) is 4.46. The summed E-state index contributed by atoms with van der Waals surface area (Å²) in [6.07, 6.45) is 4.30. The number of amides is 1. The number of carbonyl (C=O) groups is 1. The first-order chi connectivity index (χ1) is 14.4. The van der Waals surface area contributed by atoms with Crippen LogP contribution in [0.5, 0.6) is 0 Å². The molecule has 1 aliphatic heterocycles. The fourth-order valence-electron chi connectivity index (χ4n) is 3.52. The lowest BCUT2D eigenvalue weighted by Gasteiger charge is -2.35. The maximum atomic E-state index is 12.6. The highest BCUT2D eigenvalue weighted by atomic mass is 35.5. The quantitative estimate of drug-likeness (QED) is 0.500. The number of nitrogens with zero attached hydrogens (tertiary/aromatic N) is 4. The normalized spacial score (nSPS) is 14.8. The lowest BCUT2D eigenvalue weighted by atomic mass is 10.2. The molecule has 0 aliphatic carbocycles. The summed E-state index contributed by atoms with van der Waals surface area (Å²) in [5.74, 6) is 1.74. The Bertz CT molecular complexity index is 1120. The van der Waals surface area contributed by atoms with Crippen molar-refractivity contribution in [3.05, 3.63) is 56.7 Å². The molecular formula is C22H22Cl2N4OS. The summed E-state index contributed by atoms with van der Waals surface area (Å²) in [7, 11) is 0. The Morgan fingerprint density at radius 3 is 2.63 bits per heavy atom. The van der Waals surface area contributed by atoms with Crippen molar-refractivity contribution in [2.45, 2.75) is 20.3 Å². The van der Waals surface area contributed by atoms with E-state index in [0.717, 1.165) is 46.9 Å². The van der Waals surface area contributed by atoms with Gasteiger partial charge >= 0.3 is 0 Å². The number of anilines is 1. The second-order valence-corrected chi connectivity index (χ2v) is 9.15. The average molecular weight is 461 g/mol. The van der Waals surface area contributed by atoms with Crippen molar-refractivity contribution in [3.8, 4) is 0 Å². The Hall–Kier alpha value is -2.15. The van der Waals surface area contributed by atoms with Gasteiger partial charge in [0.15, 0.2) is 0 Å². The lowest BCUT2D eigenvalue weighted by molar-refractivity contribution is -0.126. The highest BCUT2D eigenvalue weighted by Crippen LogP contribution is 2.32. The minimum Gasteiger partial charge on any atom is -0.352 e. The standard InChI is InChI=1S/C22H22Cl2N4OS/c1-3-17-13-18-21(25-14(2)26-22(18)30-17)28-10-8-27(9-11-28)20(29)7-5-15-4-6-16(23)12-19(15)24/h4-7,12-13H,3,8-11H2,1-2H3/b7-5+. The summed E-state index contributed by atoms with van der Waals surface area (Å²) in [6, 6.07) is 7.44. The minimum absolute atomic E-state index is 0.0199. The highest BCUT2D eigenvalue weighted by Gasteiger charge is 2.23. The third-order valence-electron chi connectivity index (χ3n) is 5.14. The number of carbonyl (C=O) groups excluding carboxylic acids is 1. The number of piperazine rings is 1. The van der Waals surface area contributed by atoms with Gasteiger partial charge in [-0.25, -0.2) is 9.97 Å². The van der Waals surface area contributed by atoms with E-state index in [1.54, 1.807) is 41.7 Å². The summed E-state index contributed by atoms with van der Waals surface area (Å²) >= 11 is 13.8. The van der Waals surface area contributed by atoms with Crippen LogP contribution in [0.25, 0.3) is 16.3 Å². The molecule has 2 aromatic heterocycles. The summed E-state index contributed by atoms with van der Waals surface area (Å²) in [5.41, 5.74) is 0.774. The van der Waals surface area contributed by atoms with Crippen LogP contribution < -0.4 is 4.90 Å². The van der Waals surface area contributed by atoms with E-state index in [-0.39, 0.29) is 5.91 Å². The van der Waals surface area contributed by atoms with Gasteiger partial charge in [-0.2, -0.15) is 0 Å². The number of aryl methyl sites for hydroxylation is 2. The van der Waals surface area contributed by atoms with Crippen LogP contribution in [0, 0.1) is 6.92 Å².